The zero-order chi connectivity index (χ0) is 19.2. The summed E-state index contributed by atoms with van der Waals surface area (Å²) in [6, 6.07) is 13.2. The molecule has 8 heteroatoms. The number of hydrogen-bond donors (Lipinski definition) is 1. The van der Waals surface area contributed by atoms with Crippen molar-refractivity contribution in [3.63, 3.8) is 0 Å². The fraction of sp³-hybridized carbons (Fsp3) is 0.167. The molecule has 136 valence electrons. The summed E-state index contributed by atoms with van der Waals surface area (Å²) >= 11 is 3.28. The topological polar surface area (TPSA) is 88.4 Å². The van der Waals surface area contributed by atoms with Crippen LogP contribution in [0.1, 0.15) is 12.5 Å². The molecule has 2 aromatic rings. The maximum Gasteiger partial charge on any atom is 0.272 e. The minimum atomic E-state index is -4.01. The van der Waals surface area contributed by atoms with Gasteiger partial charge < -0.3 is 9.47 Å². The van der Waals surface area contributed by atoms with Crippen LogP contribution in [-0.2, 0) is 10.0 Å². The van der Waals surface area contributed by atoms with E-state index in [0.29, 0.717) is 29.4 Å². The van der Waals surface area contributed by atoms with Crippen molar-refractivity contribution in [2.24, 2.45) is 0 Å². The first-order chi connectivity index (χ1) is 12.4. The SMILES string of the molecule is CCOc1ccc(C=C(C#N)S(=O)(=O)Nc2ccc(Br)cc2)cc1OC. The zero-order valence-corrected chi connectivity index (χ0v) is 16.6. The van der Waals surface area contributed by atoms with Crippen molar-refractivity contribution in [1.82, 2.24) is 0 Å². The summed E-state index contributed by atoms with van der Waals surface area (Å²) in [6.45, 7) is 2.32. The highest BCUT2D eigenvalue weighted by molar-refractivity contribution is 9.10. The Kier molecular flexibility index (Phi) is 6.66. The third-order valence-electron chi connectivity index (χ3n) is 3.28. The molecule has 0 aliphatic carbocycles. The van der Waals surface area contributed by atoms with Crippen LogP contribution in [0.3, 0.4) is 0 Å². The van der Waals surface area contributed by atoms with Crippen LogP contribution in [0.15, 0.2) is 51.8 Å². The number of nitrogens with one attached hydrogen (secondary N) is 1. The average Bonchev–Trinajstić information content (AvgIpc) is 2.62. The molecule has 0 amide bonds. The molecule has 0 unspecified atom stereocenters. The molecule has 6 nitrogen and oxygen atoms in total. The molecule has 0 bridgehead atoms. The number of nitriles is 1. The van der Waals surface area contributed by atoms with E-state index in [1.54, 1.807) is 48.5 Å². The van der Waals surface area contributed by atoms with Crippen LogP contribution in [-0.4, -0.2) is 22.1 Å². The molecule has 1 N–H and O–H groups in total. The Bertz CT molecular complexity index is 948. The van der Waals surface area contributed by atoms with Gasteiger partial charge in [0.05, 0.1) is 13.7 Å². The smallest absolute Gasteiger partial charge is 0.272 e. The molecule has 2 aromatic carbocycles. The van der Waals surface area contributed by atoms with Crippen LogP contribution in [0.4, 0.5) is 5.69 Å². The van der Waals surface area contributed by atoms with E-state index in [1.807, 2.05) is 6.92 Å². The summed E-state index contributed by atoms with van der Waals surface area (Å²) in [4.78, 5) is -0.411. The molecule has 0 aliphatic heterocycles. The number of rotatable bonds is 7. The number of allylic oxidation sites excluding steroid dienone is 1. The van der Waals surface area contributed by atoms with Crippen LogP contribution >= 0.6 is 15.9 Å². The van der Waals surface area contributed by atoms with Gasteiger partial charge in [0.1, 0.15) is 6.07 Å². The molecule has 0 heterocycles. The van der Waals surface area contributed by atoms with E-state index in [0.717, 1.165) is 4.47 Å². The minimum Gasteiger partial charge on any atom is -0.493 e. The lowest BCUT2D eigenvalue weighted by Crippen LogP contribution is -2.14. The Labute approximate surface area is 161 Å². The lowest BCUT2D eigenvalue weighted by Gasteiger charge is -2.10. The number of methoxy groups -OCH3 is 1. The maximum absolute atomic E-state index is 12.5. The van der Waals surface area contributed by atoms with E-state index in [2.05, 4.69) is 20.7 Å². The third kappa shape index (κ3) is 5.00. The van der Waals surface area contributed by atoms with E-state index in [4.69, 9.17) is 9.47 Å². The van der Waals surface area contributed by atoms with Gasteiger partial charge in [0.25, 0.3) is 10.0 Å². The fourth-order valence-corrected chi connectivity index (χ4v) is 3.33. The Morgan fingerprint density at radius 3 is 2.50 bits per heavy atom. The molecule has 0 spiro atoms. The first kappa shape index (κ1) is 19.8. The van der Waals surface area contributed by atoms with Crippen molar-refractivity contribution in [3.8, 4) is 17.6 Å². The van der Waals surface area contributed by atoms with Crippen molar-refractivity contribution in [2.75, 3.05) is 18.4 Å². The number of halogens is 1. The molecule has 26 heavy (non-hydrogen) atoms. The molecule has 0 fully saturated rings. The van der Waals surface area contributed by atoms with Gasteiger partial charge in [-0.3, -0.25) is 4.72 Å². The highest BCUT2D eigenvalue weighted by atomic mass is 79.9. The van der Waals surface area contributed by atoms with Gasteiger partial charge in [-0.25, -0.2) is 8.42 Å². The van der Waals surface area contributed by atoms with E-state index < -0.39 is 14.9 Å². The van der Waals surface area contributed by atoms with Crippen LogP contribution < -0.4 is 14.2 Å². The number of benzene rings is 2. The Morgan fingerprint density at radius 2 is 1.92 bits per heavy atom. The number of hydrogen-bond acceptors (Lipinski definition) is 5. The number of ether oxygens (including phenoxy) is 2. The molecular formula is C18H17BrN2O4S. The second kappa shape index (κ2) is 8.74. The van der Waals surface area contributed by atoms with Gasteiger partial charge in [0, 0.05) is 10.2 Å². The van der Waals surface area contributed by atoms with E-state index in [-0.39, 0.29) is 0 Å². The monoisotopic (exact) mass is 436 g/mol. The summed E-state index contributed by atoms with van der Waals surface area (Å²) in [5.41, 5.74) is 0.863. The summed E-state index contributed by atoms with van der Waals surface area (Å²) in [7, 11) is -2.53. The summed E-state index contributed by atoms with van der Waals surface area (Å²) in [5.74, 6) is 0.998. The van der Waals surface area contributed by atoms with Crippen molar-refractivity contribution in [2.45, 2.75) is 6.92 Å². The highest BCUT2D eigenvalue weighted by Gasteiger charge is 2.18. The molecular weight excluding hydrogens is 420 g/mol. The maximum atomic E-state index is 12.5. The van der Waals surface area contributed by atoms with Gasteiger partial charge >= 0.3 is 0 Å². The lowest BCUT2D eigenvalue weighted by atomic mass is 10.2. The zero-order valence-electron chi connectivity index (χ0n) is 14.2. The quantitative estimate of drug-likeness (QED) is 0.658. The van der Waals surface area contributed by atoms with Crippen molar-refractivity contribution in [3.05, 3.63) is 57.4 Å². The van der Waals surface area contributed by atoms with Crippen molar-refractivity contribution < 1.29 is 17.9 Å². The lowest BCUT2D eigenvalue weighted by molar-refractivity contribution is 0.311. The highest BCUT2D eigenvalue weighted by Crippen LogP contribution is 2.29. The largest absolute Gasteiger partial charge is 0.493 e. The van der Waals surface area contributed by atoms with Gasteiger partial charge in [-0.15, -0.1) is 0 Å². The standard InChI is InChI=1S/C18H17BrN2O4S/c1-3-25-17-9-4-13(11-18(17)24-2)10-16(12-20)26(22,23)21-15-7-5-14(19)6-8-15/h4-11,21H,3H2,1-2H3. The Hall–Kier alpha value is -2.50. The van der Waals surface area contributed by atoms with Gasteiger partial charge in [0.15, 0.2) is 16.4 Å². The van der Waals surface area contributed by atoms with Crippen molar-refractivity contribution >= 4 is 37.7 Å². The van der Waals surface area contributed by atoms with E-state index in [9.17, 15) is 13.7 Å². The average molecular weight is 437 g/mol. The van der Waals surface area contributed by atoms with Crippen LogP contribution in [0.5, 0.6) is 11.5 Å². The second-order valence-electron chi connectivity index (χ2n) is 5.08. The molecule has 0 aromatic heterocycles. The number of sulfonamides is 1. The minimum absolute atomic E-state index is 0.360. The van der Waals surface area contributed by atoms with Gasteiger partial charge in [-0.2, -0.15) is 5.26 Å². The molecule has 0 saturated carbocycles. The molecule has 0 atom stereocenters. The van der Waals surface area contributed by atoms with Crippen LogP contribution in [0, 0.1) is 11.3 Å². The van der Waals surface area contributed by atoms with Crippen LogP contribution in [0.25, 0.3) is 6.08 Å². The summed E-state index contributed by atoms with van der Waals surface area (Å²) < 4.78 is 38.8. The Balaban J connectivity index is 2.34. The Morgan fingerprint density at radius 1 is 1.23 bits per heavy atom. The molecule has 0 radical (unpaired) electrons. The predicted octanol–water partition coefficient (Wildman–Crippen LogP) is 4.16. The fourth-order valence-electron chi connectivity index (χ4n) is 2.10. The van der Waals surface area contributed by atoms with Gasteiger partial charge in [-0.05, 0) is 55.0 Å². The third-order valence-corrected chi connectivity index (χ3v) is 5.10. The summed E-state index contributed by atoms with van der Waals surface area (Å²) in [6.07, 6.45) is 1.28. The van der Waals surface area contributed by atoms with E-state index in [1.165, 1.54) is 13.2 Å². The summed E-state index contributed by atoms with van der Waals surface area (Å²) in [5, 5.41) is 9.31. The molecule has 2 rings (SSSR count). The van der Waals surface area contributed by atoms with Crippen LogP contribution in [0.2, 0.25) is 0 Å². The predicted molar refractivity (Wildman–Crippen MR) is 104 cm³/mol. The van der Waals surface area contributed by atoms with Gasteiger partial charge in [0.2, 0.25) is 0 Å². The molecule has 0 saturated heterocycles. The van der Waals surface area contributed by atoms with Crippen molar-refractivity contribution in [1.29, 1.82) is 5.26 Å². The normalized spacial score (nSPS) is 11.5. The molecule has 0 aliphatic rings. The number of nitrogens with zero attached hydrogens (tertiary/aromatic N) is 1. The second-order valence-corrected chi connectivity index (χ2v) is 7.64. The van der Waals surface area contributed by atoms with E-state index >= 15 is 0 Å². The number of anilines is 1. The first-order valence-corrected chi connectivity index (χ1v) is 9.88. The van der Waals surface area contributed by atoms with Gasteiger partial charge in [-0.1, -0.05) is 22.0 Å². The first-order valence-electron chi connectivity index (χ1n) is 7.60.